The van der Waals surface area contributed by atoms with Crippen LogP contribution in [0.1, 0.15) is 45.0 Å². The second kappa shape index (κ2) is 6.95. The van der Waals surface area contributed by atoms with Gasteiger partial charge >= 0.3 is 0 Å². The average molecular weight is 393 g/mol. The fourth-order valence-electron chi connectivity index (χ4n) is 4.44. The Morgan fingerprint density at radius 2 is 1.90 bits per heavy atom. The van der Waals surface area contributed by atoms with Gasteiger partial charge in [-0.05, 0) is 46.1 Å². The lowest BCUT2D eigenvalue weighted by Gasteiger charge is -2.47. The van der Waals surface area contributed by atoms with Crippen molar-refractivity contribution in [2.24, 2.45) is 0 Å². The molecule has 0 aliphatic carbocycles. The van der Waals surface area contributed by atoms with E-state index in [9.17, 15) is 0 Å². The molecule has 5 heterocycles. The van der Waals surface area contributed by atoms with Crippen molar-refractivity contribution < 1.29 is 4.74 Å². The second-order valence-electron chi connectivity index (χ2n) is 8.32. The van der Waals surface area contributed by atoms with Crippen molar-refractivity contribution in [2.45, 2.75) is 51.7 Å². The van der Waals surface area contributed by atoms with E-state index in [1.54, 1.807) is 6.20 Å². The van der Waals surface area contributed by atoms with Crippen molar-refractivity contribution in [1.29, 1.82) is 0 Å². The van der Waals surface area contributed by atoms with Crippen LogP contribution in [0, 0.1) is 6.92 Å². The molecule has 29 heavy (non-hydrogen) atoms. The average Bonchev–Trinajstić information content (AvgIpc) is 3.02. The quantitative estimate of drug-likeness (QED) is 0.725. The molecule has 0 aromatic carbocycles. The minimum Gasteiger partial charge on any atom is -0.375 e. The third kappa shape index (κ3) is 3.31. The Balaban J connectivity index is 1.36. The lowest BCUT2D eigenvalue weighted by molar-refractivity contribution is -0.158. The second-order valence-corrected chi connectivity index (χ2v) is 8.32. The van der Waals surface area contributed by atoms with Crippen LogP contribution in [-0.4, -0.2) is 49.8 Å². The lowest BCUT2D eigenvalue weighted by Crippen LogP contribution is -2.52. The molecular weight excluding hydrogens is 366 g/mol. The van der Waals surface area contributed by atoms with Crippen molar-refractivity contribution in [3.8, 4) is 0 Å². The van der Waals surface area contributed by atoms with Gasteiger partial charge in [0.25, 0.3) is 0 Å². The highest BCUT2D eigenvalue weighted by atomic mass is 16.5. The van der Waals surface area contributed by atoms with Gasteiger partial charge in [-0.15, -0.1) is 0 Å². The van der Waals surface area contributed by atoms with E-state index < -0.39 is 0 Å². The maximum Gasteiger partial charge on any atom is 0.227 e. The summed E-state index contributed by atoms with van der Waals surface area (Å²) >= 11 is 0. The lowest BCUT2D eigenvalue weighted by atomic mass is 9.84. The Labute approximate surface area is 170 Å². The predicted molar refractivity (Wildman–Crippen MR) is 113 cm³/mol. The Morgan fingerprint density at radius 3 is 2.59 bits per heavy atom. The van der Waals surface area contributed by atoms with Gasteiger partial charge in [-0.2, -0.15) is 4.98 Å². The summed E-state index contributed by atoms with van der Waals surface area (Å²) in [5.41, 5.74) is 2.11. The molecule has 0 radical (unpaired) electrons. The normalized spacial score (nSPS) is 18.4. The van der Waals surface area contributed by atoms with E-state index in [-0.39, 0.29) is 5.60 Å². The molecule has 152 valence electrons. The van der Waals surface area contributed by atoms with E-state index in [0.29, 0.717) is 6.04 Å². The molecule has 2 saturated heterocycles. The van der Waals surface area contributed by atoms with Crippen molar-refractivity contribution in [1.82, 2.24) is 24.5 Å². The summed E-state index contributed by atoms with van der Waals surface area (Å²) in [6, 6.07) is 4.25. The Morgan fingerprint density at radius 1 is 1.10 bits per heavy atom. The van der Waals surface area contributed by atoms with E-state index in [1.165, 1.54) is 6.42 Å². The van der Waals surface area contributed by atoms with Crippen LogP contribution in [-0.2, 0) is 4.74 Å². The fraction of sp³-hybridized carbons (Fsp3) is 0.524. The van der Waals surface area contributed by atoms with Gasteiger partial charge in [-0.3, -0.25) is 0 Å². The van der Waals surface area contributed by atoms with Crippen LogP contribution in [0.2, 0.25) is 0 Å². The molecule has 2 fully saturated rings. The number of nitrogens with zero attached hydrogens (tertiary/aromatic N) is 6. The predicted octanol–water partition coefficient (Wildman–Crippen LogP) is 3.61. The molecule has 0 amide bonds. The molecular formula is C21H27N7O. The van der Waals surface area contributed by atoms with Gasteiger partial charge in [0.2, 0.25) is 5.95 Å². The maximum atomic E-state index is 5.81. The Bertz CT molecular complexity index is 1030. The molecule has 5 rings (SSSR count). The highest BCUT2D eigenvalue weighted by Crippen LogP contribution is 2.37. The van der Waals surface area contributed by atoms with E-state index >= 15 is 0 Å². The number of fused-ring (bicyclic) bond motifs is 1. The van der Waals surface area contributed by atoms with Crippen LogP contribution in [0.25, 0.3) is 11.0 Å². The number of piperidine rings is 1. The number of hydrogen-bond donors (Lipinski definition) is 1. The molecule has 8 nitrogen and oxygen atoms in total. The number of ether oxygens (including phenoxy) is 1. The minimum absolute atomic E-state index is 0.128. The summed E-state index contributed by atoms with van der Waals surface area (Å²) in [6.07, 6.45) is 6.89. The minimum atomic E-state index is 0.128. The summed E-state index contributed by atoms with van der Waals surface area (Å²) in [7, 11) is 0. The highest BCUT2D eigenvalue weighted by Gasteiger charge is 2.41. The topological polar surface area (TPSA) is 81.0 Å². The summed E-state index contributed by atoms with van der Waals surface area (Å²) in [6.45, 7) is 9.12. The number of aromatic nitrogens is 5. The zero-order chi connectivity index (χ0) is 20.0. The number of aryl methyl sites for hydroxylation is 1. The van der Waals surface area contributed by atoms with Gasteiger partial charge in [0.05, 0.1) is 23.9 Å². The fourth-order valence-corrected chi connectivity index (χ4v) is 4.44. The number of pyridine rings is 1. The van der Waals surface area contributed by atoms with Crippen LogP contribution in [0.4, 0.5) is 17.6 Å². The number of rotatable bonds is 4. The highest BCUT2D eigenvalue weighted by molar-refractivity contribution is 5.79. The van der Waals surface area contributed by atoms with E-state index in [4.69, 9.17) is 9.72 Å². The standard InChI is InChI=1S/C21H27N7O/c1-14(2)28-15(3)24-16-13-23-19(12-17(16)28)25-18-4-8-22-20(26-18)27-9-5-21(6-10-27)7-11-29-21/h4,8,12-14H,5-7,9-11H2,1-3H3,(H,22,23,25,26). The monoisotopic (exact) mass is 393 g/mol. The zero-order valence-corrected chi connectivity index (χ0v) is 17.2. The summed E-state index contributed by atoms with van der Waals surface area (Å²) in [4.78, 5) is 20.6. The van der Waals surface area contributed by atoms with Crippen LogP contribution in [0.5, 0.6) is 0 Å². The van der Waals surface area contributed by atoms with Crippen molar-refractivity contribution in [3.63, 3.8) is 0 Å². The summed E-state index contributed by atoms with van der Waals surface area (Å²) in [5.74, 6) is 3.25. The van der Waals surface area contributed by atoms with E-state index in [0.717, 1.165) is 67.0 Å². The number of anilines is 3. The first kappa shape index (κ1) is 18.3. The first-order chi connectivity index (χ1) is 14.0. The summed E-state index contributed by atoms with van der Waals surface area (Å²) in [5, 5.41) is 3.33. The summed E-state index contributed by atoms with van der Waals surface area (Å²) < 4.78 is 8.04. The molecule has 3 aromatic heterocycles. The SMILES string of the molecule is Cc1nc2cnc(Nc3ccnc(N4CCC5(CCO5)CC4)n3)cc2n1C(C)C. The third-order valence-electron chi connectivity index (χ3n) is 6.09. The van der Waals surface area contributed by atoms with Crippen molar-refractivity contribution >= 4 is 28.6 Å². The smallest absolute Gasteiger partial charge is 0.227 e. The largest absolute Gasteiger partial charge is 0.375 e. The zero-order valence-electron chi connectivity index (χ0n) is 17.2. The molecule has 0 bridgehead atoms. The van der Waals surface area contributed by atoms with Crippen LogP contribution >= 0.6 is 0 Å². The maximum absolute atomic E-state index is 5.81. The van der Waals surface area contributed by atoms with Crippen LogP contribution < -0.4 is 10.2 Å². The number of hydrogen-bond acceptors (Lipinski definition) is 7. The molecule has 3 aromatic rings. The van der Waals surface area contributed by atoms with E-state index in [1.807, 2.05) is 25.3 Å². The van der Waals surface area contributed by atoms with Gasteiger partial charge in [-0.1, -0.05) is 0 Å². The first-order valence-electron chi connectivity index (χ1n) is 10.4. The van der Waals surface area contributed by atoms with Crippen LogP contribution in [0.15, 0.2) is 24.5 Å². The molecule has 0 saturated carbocycles. The molecule has 1 spiro atoms. The molecule has 2 aliphatic rings. The van der Waals surface area contributed by atoms with Gasteiger partial charge in [0.1, 0.15) is 23.0 Å². The third-order valence-corrected chi connectivity index (χ3v) is 6.09. The molecule has 1 N–H and O–H groups in total. The molecule has 8 heteroatoms. The Kier molecular flexibility index (Phi) is 4.38. The molecule has 0 unspecified atom stereocenters. The number of nitrogens with one attached hydrogen (secondary N) is 1. The van der Waals surface area contributed by atoms with Crippen molar-refractivity contribution in [3.05, 3.63) is 30.4 Å². The molecule has 0 atom stereocenters. The number of imidazole rings is 1. The molecule has 2 aliphatic heterocycles. The van der Waals surface area contributed by atoms with E-state index in [2.05, 4.69) is 43.6 Å². The van der Waals surface area contributed by atoms with Gasteiger partial charge in [0, 0.05) is 31.4 Å². The van der Waals surface area contributed by atoms with Gasteiger partial charge in [0.15, 0.2) is 0 Å². The Hall–Kier alpha value is -2.74. The van der Waals surface area contributed by atoms with Crippen molar-refractivity contribution in [2.75, 3.05) is 29.9 Å². The van der Waals surface area contributed by atoms with Gasteiger partial charge in [-0.25, -0.2) is 15.0 Å². The van der Waals surface area contributed by atoms with Gasteiger partial charge < -0.3 is 19.5 Å². The first-order valence-corrected chi connectivity index (χ1v) is 10.4. The van der Waals surface area contributed by atoms with Crippen LogP contribution in [0.3, 0.4) is 0 Å².